The maximum atomic E-state index is 13.9. The monoisotopic (exact) mass is 347 g/mol. The molecule has 1 saturated heterocycles. The molecule has 0 atom stereocenters. The number of piperazine rings is 1. The molecule has 0 bridgehead atoms. The summed E-state index contributed by atoms with van der Waals surface area (Å²) in [7, 11) is 1.79. The van der Waals surface area contributed by atoms with Gasteiger partial charge in [-0.05, 0) is 19.1 Å². The molecule has 0 unspecified atom stereocenters. The molecule has 1 aliphatic heterocycles. The van der Waals surface area contributed by atoms with Crippen molar-refractivity contribution >= 4 is 23.0 Å². The van der Waals surface area contributed by atoms with Gasteiger partial charge in [-0.3, -0.25) is 4.99 Å². The topological polar surface area (TPSA) is 43.8 Å². The van der Waals surface area contributed by atoms with Crippen molar-refractivity contribution in [1.82, 2.24) is 15.2 Å². The van der Waals surface area contributed by atoms with Crippen molar-refractivity contribution in [3.63, 3.8) is 0 Å². The highest BCUT2D eigenvalue weighted by atomic mass is 32.1. The summed E-state index contributed by atoms with van der Waals surface area (Å²) in [6.07, 6.45) is 0. The fraction of sp³-hybridized carbons (Fsp3) is 0.412. The summed E-state index contributed by atoms with van der Waals surface area (Å²) < 4.78 is 13.9. The van der Waals surface area contributed by atoms with E-state index in [2.05, 4.69) is 25.1 Å². The van der Waals surface area contributed by atoms with E-state index in [4.69, 9.17) is 0 Å². The number of guanidine groups is 1. The first-order valence-corrected chi connectivity index (χ1v) is 8.91. The molecule has 0 radical (unpaired) electrons. The average molecular weight is 347 g/mol. The van der Waals surface area contributed by atoms with Gasteiger partial charge in [0.1, 0.15) is 10.8 Å². The molecular formula is C17H22FN5S. The summed E-state index contributed by atoms with van der Waals surface area (Å²) in [5.74, 6) is 0.712. The van der Waals surface area contributed by atoms with Gasteiger partial charge in [0.25, 0.3) is 0 Å². The highest BCUT2D eigenvalue weighted by Gasteiger charge is 2.21. The molecule has 1 aliphatic rings. The molecule has 2 aromatic rings. The van der Waals surface area contributed by atoms with Gasteiger partial charge in [0, 0.05) is 44.3 Å². The Morgan fingerprint density at radius 2 is 2.04 bits per heavy atom. The van der Waals surface area contributed by atoms with Gasteiger partial charge in [-0.25, -0.2) is 9.37 Å². The Labute approximate surface area is 145 Å². The molecule has 24 heavy (non-hydrogen) atoms. The van der Waals surface area contributed by atoms with Crippen LogP contribution in [0, 0.1) is 12.7 Å². The lowest BCUT2D eigenvalue weighted by Crippen LogP contribution is -2.52. The van der Waals surface area contributed by atoms with E-state index in [0.29, 0.717) is 12.2 Å². The van der Waals surface area contributed by atoms with E-state index in [1.165, 1.54) is 6.07 Å². The van der Waals surface area contributed by atoms with E-state index in [1.54, 1.807) is 24.5 Å². The second kappa shape index (κ2) is 7.61. The Balaban J connectivity index is 1.55. The van der Waals surface area contributed by atoms with Crippen LogP contribution in [0.3, 0.4) is 0 Å². The van der Waals surface area contributed by atoms with Crippen LogP contribution in [-0.4, -0.2) is 49.1 Å². The van der Waals surface area contributed by atoms with Crippen LogP contribution in [0.25, 0.3) is 0 Å². The number of rotatable bonds is 3. The largest absolute Gasteiger partial charge is 0.366 e. The van der Waals surface area contributed by atoms with Gasteiger partial charge in [0.05, 0.1) is 12.2 Å². The average Bonchev–Trinajstić information content (AvgIpc) is 3.02. The number of hydrogen-bond donors (Lipinski definition) is 1. The molecule has 1 aromatic heterocycles. The van der Waals surface area contributed by atoms with Gasteiger partial charge in [-0.1, -0.05) is 12.1 Å². The van der Waals surface area contributed by atoms with Crippen LogP contribution < -0.4 is 10.2 Å². The second-order valence-corrected chi connectivity index (χ2v) is 6.65. The molecular weight excluding hydrogens is 325 g/mol. The van der Waals surface area contributed by atoms with Crippen LogP contribution in [0.15, 0.2) is 34.6 Å². The number of para-hydroxylation sites is 1. The molecule has 1 N–H and O–H groups in total. The van der Waals surface area contributed by atoms with E-state index in [0.717, 1.165) is 42.8 Å². The van der Waals surface area contributed by atoms with E-state index in [1.807, 2.05) is 24.4 Å². The Morgan fingerprint density at radius 1 is 1.29 bits per heavy atom. The minimum atomic E-state index is -0.160. The van der Waals surface area contributed by atoms with Gasteiger partial charge in [0.2, 0.25) is 0 Å². The standard InChI is InChI=1S/C17H22FN5S/c1-13-12-24-16(21-13)11-20-17(19-2)23-9-7-22(8-10-23)15-6-4-3-5-14(15)18/h3-6,12H,7-11H2,1-2H3,(H,19,20). The predicted molar refractivity (Wildman–Crippen MR) is 97.2 cm³/mol. The number of aliphatic imine (C=N–C) groups is 1. The lowest BCUT2D eigenvalue weighted by molar-refractivity contribution is 0.370. The van der Waals surface area contributed by atoms with Crippen molar-refractivity contribution in [1.29, 1.82) is 0 Å². The first-order valence-electron chi connectivity index (χ1n) is 8.03. The van der Waals surface area contributed by atoms with Crippen molar-refractivity contribution in [3.8, 4) is 0 Å². The number of anilines is 1. The fourth-order valence-electron chi connectivity index (χ4n) is 2.84. The summed E-state index contributed by atoms with van der Waals surface area (Å²) in [6, 6.07) is 6.95. The molecule has 2 heterocycles. The molecule has 0 amide bonds. The zero-order valence-electron chi connectivity index (χ0n) is 14.0. The quantitative estimate of drug-likeness (QED) is 0.684. The summed E-state index contributed by atoms with van der Waals surface area (Å²) in [6.45, 7) is 5.85. The van der Waals surface area contributed by atoms with E-state index in [9.17, 15) is 4.39 Å². The normalized spacial score (nSPS) is 15.7. The van der Waals surface area contributed by atoms with Crippen LogP contribution in [0.5, 0.6) is 0 Å². The molecule has 0 spiro atoms. The molecule has 128 valence electrons. The minimum Gasteiger partial charge on any atom is -0.366 e. The van der Waals surface area contributed by atoms with Crippen molar-refractivity contribution in [2.45, 2.75) is 13.5 Å². The van der Waals surface area contributed by atoms with Crippen LogP contribution in [0.4, 0.5) is 10.1 Å². The number of aromatic nitrogens is 1. The van der Waals surface area contributed by atoms with Crippen molar-refractivity contribution in [2.75, 3.05) is 38.1 Å². The molecule has 5 nitrogen and oxygen atoms in total. The zero-order valence-corrected chi connectivity index (χ0v) is 14.8. The summed E-state index contributed by atoms with van der Waals surface area (Å²) in [5.41, 5.74) is 1.73. The Bertz CT molecular complexity index is 707. The van der Waals surface area contributed by atoms with Crippen LogP contribution in [0.2, 0.25) is 0 Å². The third kappa shape index (κ3) is 3.84. The predicted octanol–water partition coefficient (Wildman–Crippen LogP) is 2.49. The smallest absolute Gasteiger partial charge is 0.194 e. The maximum Gasteiger partial charge on any atom is 0.194 e. The molecule has 1 aromatic carbocycles. The summed E-state index contributed by atoms with van der Waals surface area (Å²) >= 11 is 1.65. The summed E-state index contributed by atoms with van der Waals surface area (Å²) in [4.78, 5) is 13.1. The third-order valence-electron chi connectivity index (χ3n) is 4.05. The molecule has 0 saturated carbocycles. The Morgan fingerprint density at radius 3 is 2.67 bits per heavy atom. The van der Waals surface area contributed by atoms with Gasteiger partial charge in [0.15, 0.2) is 5.96 Å². The number of aryl methyl sites for hydroxylation is 1. The number of halogens is 1. The van der Waals surface area contributed by atoms with Gasteiger partial charge >= 0.3 is 0 Å². The lowest BCUT2D eigenvalue weighted by Gasteiger charge is -2.37. The number of thiazole rings is 1. The maximum absolute atomic E-state index is 13.9. The van der Waals surface area contributed by atoms with Crippen molar-refractivity contribution in [2.24, 2.45) is 4.99 Å². The van der Waals surface area contributed by atoms with Gasteiger partial charge in [-0.15, -0.1) is 11.3 Å². The van der Waals surface area contributed by atoms with Crippen LogP contribution in [0.1, 0.15) is 10.7 Å². The minimum absolute atomic E-state index is 0.160. The fourth-order valence-corrected chi connectivity index (χ4v) is 3.55. The highest BCUT2D eigenvalue weighted by molar-refractivity contribution is 7.09. The van der Waals surface area contributed by atoms with Crippen LogP contribution in [-0.2, 0) is 6.54 Å². The highest BCUT2D eigenvalue weighted by Crippen LogP contribution is 2.20. The van der Waals surface area contributed by atoms with E-state index in [-0.39, 0.29) is 5.82 Å². The first kappa shape index (κ1) is 16.7. The lowest BCUT2D eigenvalue weighted by atomic mass is 10.2. The number of nitrogens with one attached hydrogen (secondary N) is 1. The van der Waals surface area contributed by atoms with Gasteiger partial charge < -0.3 is 15.1 Å². The molecule has 1 fully saturated rings. The van der Waals surface area contributed by atoms with E-state index >= 15 is 0 Å². The Hall–Kier alpha value is -2.15. The number of hydrogen-bond acceptors (Lipinski definition) is 4. The summed E-state index contributed by atoms with van der Waals surface area (Å²) in [5, 5.41) is 6.47. The third-order valence-corrected chi connectivity index (χ3v) is 5.02. The first-order chi connectivity index (χ1) is 11.7. The zero-order chi connectivity index (χ0) is 16.9. The molecule has 0 aliphatic carbocycles. The van der Waals surface area contributed by atoms with Crippen LogP contribution >= 0.6 is 11.3 Å². The van der Waals surface area contributed by atoms with E-state index < -0.39 is 0 Å². The number of nitrogens with zero attached hydrogens (tertiary/aromatic N) is 4. The van der Waals surface area contributed by atoms with Crippen molar-refractivity contribution < 1.29 is 4.39 Å². The SMILES string of the molecule is CN=C(NCc1nc(C)cs1)N1CCN(c2ccccc2F)CC1. The van der Waals surface area contributed by atoms with Crippen molar-refractivity contribution in [3.05, 3.63) is 46.2 Å². The Kier molecular flexibility index (Phi) is 5.30. The molecule has 7 heteroatoms. The van der Waals surface area contributed by atoms with Gasteiger partial charge in [-0.2, -0.15) is 0 Å². The molecule has 3 rings (SSSR count). The number of benzene rings is 1. The second-order valence-electron chi connectivity index (χ2n) is 5.71.